The summed E-state index contributed by atoms with van der Waals surface area (Å²) in [7, 11) is 0. The molecule has 1 unspecified atom stereocenters. The molecule has 2 aliphatic rings. The summed E-state index contributed by atoms with van der Waals surface area (Å²) in [5.41, 5.74) is 4.93. The number of aromatic nitrogens is 2. The van der Waals surface area contributed by atoms with Crippen molar-refractivity contribution in [2.24, 2.45) is 0 Å². The summed E-state index contributed by atoms with van der Waals surface area (Å²) >= 11 is 0. The van der Waals surface area contributed by atoms with Gasteiger partial charge >= 0.3 is 6.03 Å². The molecule has 2 aliphatic heterocycles. The molecule has 8 heteroatoms. The van der Waals surface area contributed by atoms with Gasteiger partial charge in [-0.25, -0.2) is 4.79 Å². The van der Waals surface area contributed by atoms with Gasteiger partial charge in [-0.3, -0.25) is 4.90 Å². The van der Waals surface area contributed by atoms with Crippen molar-refractivity contribution >= 4 is 17.3 Å². The van der Waals surface area contributed by atoms with Crippen molar-refractivity contribution in [2.75, 3.05) is 11.7 Å². The summed E-state index contributed by atoms with van der Waals surface area (Å²) in [5, 5.41) is 7.36. The van der Waals surface area contributed by atoms with E-state index in [2.05, 4.69) is 10.5 Å². The molecule has 0 bridgehead atoms. The van der Waals surface area contributed by atoms with Crippen LogP contribution in [0.2, 0.25) is 0 Å². The van der Waals surface area contributed by atoms with Crippen LogP contribution in [0, 0.1) is 6.92 Å². The van der Waals surface area contributed by atoms with Gasteiger partial charge in [0.25, 0.3) is 5.89 Å². The number of ether oxygens (including phenoxy) is 2. The Labute approximate surface area is 201 Å². The number of aryl methyl sites for hydroxylation is 1. The molecule has 4 aromatic rings. The number of anilines is 1. The van der Waals surface area contributed by atoms with E-state index in [0.717, 1.165) is 28.0 Å². The second-order valence-corrected chi connectivity index (χ2v) is 8.46. The third-order valence-corrected chi connectivity index (χ3v) is 6.16. The predicted molar refractivity (Wildman–Crippen MR) is 130 cm³/mol. The predicted octanol–water partition coefficient (Wildman–Crippen LogP) is 5.48. The fourth-order valence-corrected chi connectivity index (χ4v) is 4.48. The van der Waals surface area contributed by atoms with Crippen molar-refractivity contribution < 1.29 is 18.8 Å². The van der Waals surface area contributed by atoms with E-state index in [4.69, 9.17) is 19.0 Å². The smallest absolute Gasteiger partial charge is 0.326 e. The highest BCUT2D eigenvalue weighted by atomic mass is 16.7. The molecule has 0 spiro atoms. The third kappa shape index (κ3) is 3.69. The number of amides is 2. The molecular formula is C27H22N4O4. The Balaban J connectivity index is 1.47. The Kier molecular flexibility index (Phi) is 4.99. The van der Waals surface area contributed by atoms with Crippen LogP contribution in [-0.4, -0.2) is 23.0 Å². The van der Waals surface area contributed by atoms with E-state index in [1.807, 2.05) is 86.6 Å². The van der Waals surface area contributed by atoms with Crippen LogP contribution in [0.3, 0.4) is 0 Å². The molecule has 174 valence electrons. The Hall–Kier alpha value is -4.59. The van der Waals surface area contributed by atoms with E-state index in [-0.39, 0.29) is 12.8 Å². The number of urea groups is 1. The van der Waals surface area contributed by atoms with Gasteiger partial charge in [-0.05, 0) is 55.3 Å². The monoisotopic (exact) mass is 466 g/mol. The molecule has 0 aliphatic carbocycles. The fraction of sp³-hybridized carbons (Fsp3) is 0.148. The van der Waals surface area contributed by atoms with Crippen molar-refractivity contribution in [3.63, 3.8) is 0 Å². The minimum atomic E-state index is -0.449. The Morgan fingerprint density at radius 1 is 0.943 bits per heavy atom. The molecule has 1 atom stereocenters. The van der Waals surface area contributed by atoms with Gasteiger partial charge in [-0.2, -0.15) is 4.98 Å². The highest BCUT2D eigenvalue weighted by Crippen LogP contribution is 2.40. The van der Waals surface area contributed by atoms with Gasteiger partial charge in [0.15, 0.2) is 11.5 Å². The standard InChI is InChI=1S/C27H22N4O4/c1-16-7-6-10-20(13-16)31-17(2)23(24(28-27(31)32)18-8-4-3-5-9-18)26-29-25(30-35-26)19-11-12-21-22(14-19)34-15-33-21/h3-14,24H,15H2,1-2H3,(H,28,32). The number of allylic oxidation sites excluding steroid dienone is 1. The molecular weight excluding hydrogens is 444 g/mol. The van der Waals surface area contributed by atoms with Gasteiger partial charge in [0.2, 0.25) is 12.6 Å². The van der Waals surface area contributed by atoms with E-state index in [1.165, 1.54) is 0 Å². The number of nitrogens with one attached hydrogen (secondary N) is 1. The number of carbonyl (C=O) groups is 1. The van der Waals surface area contributed by atoms with E-state index < -0.39 is 6.04 Å². The minimum Gasteiger partial charge on any atom is -0.454 e. The zero-order valence-electron chi connectivity index (χ0n) is 19.2. The van der Waals surface area contributed by atoms with Crippen LogP contribution in [0.5, 0.6) is 11.5 Å². The molecule has 0 fully saturated rings. The van der Waals surface area contributed by atoms with Crippen molar-refractivity contribution in [1.29, 1.82) is 0 Å². The lowest BCUT2D eigenvalue weighted by Crippen LogP contribution is -2.46. The van der Waals surface area contributed by atoms with Gasteiger partial charge in [0, 0.05) is 11.3 Å². The van der Waals surface area contributed by atoms with Gasteiger partial charge in [0.05, 0.1) is 17.3 Å². The maximum atomic E-state index is 13.3. The molecule has 35 heavy (non-hydrogen) atoms. The van der Waals surface area contributed by atoms with Crippen LogP contribution in [0.15, 0.2) is 83.0 Å². The average molecular weight is 466 g/mol. The second-order valence-electron chi connectivity index (χ2n) is 8.46. The highest BCUT2D eigenvalue weighted by molar-refractivity contribution is 6.01. The molecule has 0 saturated carbocycles. The number of benzene rings is 3. The minimum absolute atomic E-state index is 0.190. The molecule has 0 saturated heterocycles. The first-order valence-electron chi connectivity index (χ1n) is 11.3. The Bertz CT molecular complexity index is 1460. The summed E-state index contributed by atoms with van der Waals surface area (Å²) in [4.78, 5) is 19.7. The quantitative estimate of drug-likeness (QED) is 0.429. The van der Waals surface area contributed by atoms with Gasteiger partial charge < -0.3 is 19.3 Å². The zero-order valence-corrected chi connectivity index (χ0v) is 19.2. The van der Waals surface area contributed by atoms with Crippen molar-refractivity contribution in [1.82, 2.24) is 15.5 Å². The Morgan fingerprint density at radius 2 is 1.77 bits per heavy atom. The number of hydrogen-bond donors (Lipinski definition) is 1. The summed E-state index contributed by atoms with van der Waals surface area (Å²) < 4.78 is 16.7. The van der Waals surface area contributed by atoms with Crippen LogP contribution in [0.4, 0.5) is 10.5 Å². The van der Waals surface area contributed by atoms with Crippen LogP contribution >= 0.6 is 0 Å². The SMILES string of the molecule is CC1=C(c2nc(-c3ccc4c(c3)OCO4)no2)C(c2ccccc2)NC(=O)N1c1cccc(C)c1. The molecule has 6 rings (SSSR count). The molecule has 2 amide bonds. The number of fused-ring (bicyclic) bond motifs is 1. The van der Waals surface area contributed by atoms with Gasteiger partial charge in [-0.15, -0.1) is 0 Å². The lowest BCUT2D eigenvalue weighted by Gasteiger charge is -2.35. The first-order valence-corrected chi connectivity index (χ1v) is 11.3. The Morgan fingerprint density at radius 3 is 2.60 bits per heavy atom. The maximum absolute atomic E-state index is 13.3. The first kappa shape index (κ1) is 21.0. The molecule has 3 heterocycles. The topological polar surface area (TPSA) is 89.7 Å². The van der Waals surface area contributed by atoms with Crippen molar-refractivity contribution in [3.05, 3.63) is 95.5 Å². The molecule has 8 nitrogen and oxygen atoms in total. The normalized spacial score (nSPS) is 17.0. The third-order valence-electron chi connectivity index (χ3n) is 6.16. The van der Waals surface area contributed by atoms with Crippen LogP contribution < -0.4 is 19.7 Å². The lowest BCUT2D eigenvalue weighted by atomic mass is 9.94. The summed E-state index contributed by atoms with van der Waals surface area (Å²) in [6, 6.07) is 22.4. The molecule has 1 N–H and O–H groups in total. The lowest BCUT2D eigenvalue weighted by molar-refractivity contribution is 0.174. The average Bonchev–Trinajstić information content (AvgIpc) is 3.54. The van der Waals surface area contributed by atoms with Crippen LogP contribution in [-0.2, 0) is 0 Å². The molecule has 3 aromatic carbocycles. The summed E-state index contributed by atoms with van der Waals surface area (Å²) in [6.07, 6.45) is 0. The highest BCUT2D eigenvalue weighted by Gasteiger charge is 2.36. The van der Waals surface area contributed by atoms with E-state index in [0.29, 0.717) is 28.9 Å². The van der Waals surface area contributed by atoms with E-state index in [9.17, 15) is 4.79 Å². The first-order chi connectivity index (χ1) is 17.1. The largest absolute Gasteiger partial charge is 0.454 e. The van der Waals surface area contributed by atoms with Crippen molar-refractivity contribution in [3.8, 4) is 22.9 Å². The number of rotatable bonds is 4. The zero-order chi connectivity index (χ0) is 23.9. The number of hydrogen-bond acceptors (Lipinski definition) is 6. The van der Waals surface area contributed by atoms with E-state index >= 15 is 0 Å². The van der Waals surface area contributed by atoms with Gasteiger partial charge in [0.1, 0.15) is 0 Å². The molecule has 1 aromatic heterocycles. The second kappa shape index (κ2) is 8.32. The number of carbonyl (C=O) groups excluding carboxylic acids is 1. The number of nitrogens with zero attached hydrogens (tertiary/aromatic N) is 3. The summed E-state index contributed by atoms with van der Waals surface area (Å²) in [6.45, 7) is 4.08. The van der Waals surface area contributed by atoms with Crippen LogP contribution in [0.1, 0.15) is 30.0 Å². The van der Waals surface area contributed by atoms with E-state index in [1.54, 1.807) is 4.90 Å². The van der Waals surface area contributed by atoms with Gasteiger partial charge in [-0.1, -0.05) is 47.6 Å². The fourth-order valence-electron chi connectivity index (χ4n) is 4.48. The maximum Gasteiger partial charge on any atom is 0.326 e. The molecule has 0 radical (unpaired) electrons. The van der Waals surface area contributed by atoms with Crippen molar-refractivity contribution in [2.45, 2.75) is 19.9 Å². The summed E-state index contributed by atoms with van der Waals surface area (Å²) in [5.74, 6) is 2.08. The van der Waals surface area contributed by atoms with Crippen LogP contribution in [0.25, 0.3) is 17.0 Å².